The van der Waals surface area contributed by atoms with Crippen LogP contribution in [-0.2, 0) is 0 Å². The highest BCUT2D eigenvalue weighted by molar-refractivity contribution is 5.91. The van der Waals surface area contributed by atoms with Crippen molar-refractivity contribution in [3.63, 3.8) is 0 Å². The average Bonchev–Trinajstić information content (AvgIpc) is 2.36. The molecule has 0 radical (unpaired) electrons. The lowest BCUT2D eigenvalue weighted by Crippen LogP contribution is -2.09. The highest BCUT2D eigenvalue weighted by Crippen LogP contribution is 2.30. The van der Waals surface area contributed by atoms with Gasteiger partial charge in [-0.1, -0.05) is 37.3 Å². The SMILES string of the molecule is COc1cccc2c(C(C)CN)cccc12. The topological polar surface area (TPSA) is 35.2 Å². The molecule has 0 aliphatic heterocycles. The minimum atomic E-state index is 0.371. The lowest BCUT2D eigenvalue weighted by atomic mass is 9.94. The average molecular weight is 215 g/mol. The molecule has 2 heteroatoms. The second-order valence-electron chi connectivity index (χ2n) is 4.04. The van der Waals surface area contributed by atoms with Crippen molar-refractivity contribution in [3.8, 4) is 5.75 Å². The summed E-state index contributed by atoms with van der Waals surface area (Å²) in [5.41, 5.74) is 7.03. The van der Waals surface area contributed by atoms with Gasteiger partial charge < -0.3 is 10.5 Å². The molecule has 0 aliphatic carbocycles. The largest absolute Gasteiger partial charge is 0.496 e. The predicted molar refractivity (Wildman–Crippen MR) is 68.0 cm³/mol. The zero-order valence-corrected chi connectivity index (χ0v) is 9.73. The molecule has 1 atom stereocenters. The number of nitrogens with two attached hydrogens (primary N) is 1. The zero-order chi connectivity index (χ0) is 11.5. The monoisotopic (exact) mass is 215 g/mol. The Balaban J connectivity index is 2.69. The van der Waals surface area contributed by atoms with E-state index in [0.29, 0.717) is 12.5 Å². The summed E-state index contributed by atoms with van der Waals surface area (Å²) in [5, 5.41) is 2.39. The first kappa shape index (κ1) is 11.0. The van der Waals surface area contributed by atoms with Crippen LogP contribution in [0.5, 0.6) is 5.75 Å². The van der Waals surface area contributed by atoms with Crippen LogP contribution in [0.1, 0.15) is 18.4 Å². The first-order valence-electron chi connectivity index (χ1n) is 5.53. The van der Waals surface area contributed by atoms with Gasteiger partial charge in [0.15, 0.2) is 0 Å². The van der Waals surface area contributed by atoms with Crippen LogP contribution in [-0.4, -0.2) is 13.7 Å². The summed E-state index contributed by atoms with van der Waals surface area (Å²) in [6.45, 7) is 2.81. The van der Waals surface area contributed by atoms with Gasteiger partial charge in [-0.3, -0.25) is 0 Å². The number of hydrogen-bond donors (Lipinski definition) is 1. The van der Waals surface area contributed by atoms with Crippen LogP contribution in [0.15, 0.2) is 36.4 Å². The van der Waals surface area contributed by atoms with Crippen molar-refractivity contribution in [1.82, 2.24) is 0 Å². The van der Waals surface area contributed by atoms with Crippen LogP contribution < -0.4 is 10.5 Å². The number of rotatable bonds is 3. The Bertz CT molecular complexity index is 493. The third-order valence-corrected chi connectivity index (χ3v) is 3.02. The first-order valence-corrected chi connectivity index (χ1v) is 5.53. The molecule has 16 heavy (non-hydrogen) atoms. The van der Waals surface area contributed by atoms with Crippen LogP contribution in [0.2, 0.25) is 0 Å². The number of fused-ring (bicyclic) bond motifs is 1. The molecule has 2 aromatic rings. The highest BCUT2D eigenvalue weighted by Gasteiger charge is 2.09. The van der Waals surface area contributed by atoms with E-state index in [1.165, 1.54) is 10.9 Å². The van der Waals surface area contributed by atoms with Crippen molar-refractivity contribution in [2.75, 3.05) is 13.7 Å². The summed E-state index contributed by atoms with van der Waals surface area (Å²) in [5.74, 6) is 1.29. The standard InChI is InChI=1S/C14H17NO/c1-10(9-15)11-5-3-7-13-12(11)6-4-8-14(13)16-2/h3-8,10H,9,15H2,1-2H3. The Labute approximate surface area is 96.0 Å². The molecule has 0 spiro atoms. The molecule has 2 rings (SSSR count). The molecule has 84 valence electrons. The lowest BCUT2D eigenvalue weighted by molar-refractivity contribution is 0.420. The number of ether oxygens (including phenoxy) is 1. The quantitative estimate of drug-likeness (QED) is 0.854. The van der Waals surface area contributed by atoms with E-state index < -0.39 is 0 Å². The van der Waals surface area contributed by atoms with E-state index in [1.807, 2.05) is 12.1 Å². The molecule has 0 aliphatic rings. The van der Waals surface area contributed by atoms with Crippen molar-refractivity contribution in [2.24, 2.45) is 5.73 Å². The molecular weight excluding hydrogens is 198 g/mol. The molecule has 0 saturated carbocycles. The third-order valence-electron chi connectivity index (χ3n) is 3.02. The van der Waals surface area contributed by atoms with Crippen LogP contribution in [0.25, 0.3) is 10.8 Å². The summed E-state index contributed by atoms with van der Waals surface area (Å²) in [4.78, 5) is 0. The molecule has 1 unspecified atom stereocenters. The number of benzene rings is 2. The van der Waals surface area contributed by atoms with Gasteiger partial charge in [-0.05, 0) is 29.5 Å². The maximum absolute atomic E-state index is 5.73. The fourth-order valence-electron chi connectivity index (χ4n) is 2.04. The van der Waals surface area contributed by atoms with E-state index in [0.717, 1.165) is 11.1 Å². The van der Waals surface area contributed by atoms with E-state index in [1.54, 1.807) is 7.11 Å². The van der Waals surface area contributed by atoms with Crippen LogP contribution >= 0.6 is 0 Å². The summed E-state index contributed by atoms with van der Waals surface area (Å²) < 4.78 is 5.36. The molecule has 0 bridgehead atoms. The molecule has 0 aromatic heterocycles. The predicted octanol–water partition coefficient (Wildman–Crippen LogP) is 2.91. The number of hydrogen-bond acceptors (Lipinski definition) is 2. The summed E-state index contributed by atoms with van der Waals surface area (Å²) in [6.07, 6.45) is 0. The van der Waals surface area contributed by atoms with Gasteiger partial charge in [0.25, 0.3) is 0 Å². The normalized spacial score (nSPS) is 12.7. The minimum absolute atomic E-state index is 0.371. The van der Waals surface area contributed by atoms with Gasteiger partial charge in [0.2, 0.25) is 0 Å². The fourth-order valence-corrected chi connectivity index (χ4v) is 2.04. The van der Waals surface area contributed by atoms with Crippen molar-refractivity contribution in [3.05, 3.63) is 42.0 Å². The van der Waals surface area contributed by atoms with E-state index >= 15 is 0 Å². The molecule has 2 aromatic carbocycles. The van der Waals surface area contributed by atoms with Gasteiger partial charge in [-0.15, -0.1) is 0 Å². The molecule has 0 amide bonds. The van der Waals surface area contributed by atoms with E-state index in [4.69, 9.17) is 10.5 Å². The molecular formula is C14H17NO. The third kappa shape index (κ3) is 1.76. The Kier molecular flexibility index (Phi) is 3.11. The number of methoxy groups -OCH3 is 1. The smallest absolute Gasteiger partial charge is 0.126 e. The minimum Gasteiger partial charge on any atom is -0.496 e. The Morgan fingerprint density at radius 2 is 1.81 bits per heavy atom. The fraction of sp³-hybridized carbons (Fsp3) is 0.286. The second kappa shape index (κ2) is 4.54. The molecule has 2 N–H and O–H groups in total. The van der Waals surface area contributed by atoms with E-state index in [9.17, 15) is 0 Å². The van der Waals surface area contributed by atoms with Gasteiger partial charge in [-0.25, -0.2) is 0 Å². The van der Waals surface area contributed by atoms with Crippen molar-refractivity contribution in [1.29, 1.82) is 0 Å². The first-order chi connectivity index (χ1) is 7.77. The summed E-state index contributed by atoms with van der Waals surface area (Å²) in [7, 11) is 1.70. The van der Waals surface area contributed by atoms with Gasteiger partial charge in [0.05, 0.1) is 7.11 Å². The Morgan fingerprint density at radius 1 is 1.12 bits per heavy atom. The molecule has 0 saturated heterocycles. The van der Waals surface area contributed by atoms with Gasteiger partial charge in [0, 0.05) is 5.39 Å². The molecule has 0 fully saturated rings. The van der Waals surface area contributed by atoms with E-state index in [2.05, 4.69) is 31.2 Å². The maximum atomic E-state index is 5.73. The van der Waals surface area contributed by atoms with Crippen LogP contribution in [0.3, 0.4) is 0 Å². The maximum Gasteiger partial charge on any atom is 0.126 e. The van der Waals surface area contributed by atoms with Crippen molar-refractivity contribution in [2.45, 2.75) is 12.8 Å². The van der Waals surface area contributed by atoms with Gasteiger partial charge in [-0.2, -0.15) is 0 Å². The van der Waals surface area contributed by atoms with Crippen molar-refractivity contribution >= 4 is 10.8 Å². The Morgan fingerprint density at radius 3 is 2.50 bits per heavy atom. The second-order valence-corrected chi connectivity index (χ2v) is 4.04. The van der Waals surface area contributed by atoms with Crippen LogP contribution in [0, 0.1) is 0 Å². The molecule has 0 heterocycles. The summed E-state index contributed by atoms with van der Waals surface area (Å²) >= 11 is 0. The zero-order valence-electron chi connectivity index (χ0n) is 9.73. The van der Waals surface area contributed by atoms with Gasteiger partial charge >= 0.3 is 0 Å². The van der Waals surface area contributed by atoms with E-state index in [-0.39, 0.29) is 0 Å². The van der Waals surface area contributed by atoms with Gasteiger partial charge in [0.1, 0.15) is 5.75 Å². The van der Waals surface area contributed by atoms with Crippen molar-refractivity contribution < 1.29 is 4.74 Å². The highest BCUT2D eigenvalue weighted by atomic mass is 16.5. The Hall–Kier alpha value is -1.54. The molecule has 2 nitrogen and oxygen atoms in total. The van der Waals surface area contributed by atoms with Crippen LogP contribution in [0.4, 0.5) is 0 Å². The lowest BCUT2D eigenvalue weighted by Gasteiger charge is -2.13. The summed E-state index contributed by atoms with van der Waals surface area (Å²) in [6, 6.07) is 12.4.